The zero-order valence-electron chi connectivity index (χ0n) is 16.2. The van der Waals surface area contributed by atoms with Gasteiger partial charge in [-0.1, -0.05) is 34.1 Å². The SMILES string of the molecule is CCOc1cc(/C=N\NC(=O)c2ccc(Br)cc2)ccc1OC(=O)c1ccccc1. The Labute approximate surface area is 182 Å². The lowest BCUT2D eigenvalue weighted by Crippen LogP contribution is -2.17. The van der Waals surface area contributed by atoms with Crippen molar-refractivity contribution in [2.75, 3.05) is 6.61 Å². The summed E-state index contributed by atoms with van der Waals surface area (Å²) in [5, 5.41) is 3.98. The van der Waals surface area contributed by atoms with E-state index in [0.717, 1.165) is 4.47 Å². The maximum atomic E-state index is 12.3. The molecular formula is C23H19BrN2O4. The number of rotatable bonds is 7. The van der Waals surface area contributed by atoms with Crippen molar-refractivity contribution >= 4 is 34.0 Å². The molecule has 0 fully saturated rings. The second-order valence-electron chi connectivity index (χ2n) is 6.10. The Balaban J connectivity index is 1.69. The van der Waals surface area contributed by atoms with Crippen molar-refractivity contribution in [1.82, 2.24) is 5.43 Å². The average Bonchev–Trinajstić information content (AvgIpc) is 2.76. The van der Waals surface area contributed by atoms with E-state index in [1.165, 1.54) is 6.21 Å². The molecule has 7 heteroatoms. The molecule has 0 spiro atoms. The van der Waals surface area contributed by atoms with Crippen LogP contribution in [-0.4, -0.2) is 24.7 Å². The Bertz CT molecular complexity index is 1050. The molecule has 0 saturated heterocycles. The fraction of sp³-hybridized carbons (Fsp3) is 0.0870. The summed E-state index contributed by atoms with van der Waals surface area (Å²) < 4.78 is 11.9. The van der Waals surface area contributed by atoms with E-state index in [0.29, 0.717) is 34.8 Å². The van der Waals surface area contributed by atoms with Gasteiger partial charge >= 0.3 is 5.97 Å². The molecule has 3 aromatic rings. The van der Waals surface area contributed by atoms with E-state index in [-0.39, 0.29) is 5.91 Å². The fourth-order valence-corrected chi connectivity index (χ4v) is 2.79. The molecule has 3 aromatic carbocycles. The van der Waals surface area contributed by atoms with E-state index < -0.39 is 5.97 Å². The maximum absolute atomic E-state index is 12.3. The highest BCUT2D eigenvalue weighted by Crippen LogP contribution is 2.29. The van der Waals surface area contributed by atoms with E-state index in [1.54, 1.807) is 66.7 Å². The number of halogens is 1. The first-order chi connectivity index (χ1) is 14.6. The monoisotopic (exact) mass is 466 g/mol. The first kappa shape index (κ1) is 21.3. The lowest BCUT2D eigenvalue weighted by molar-refractivity contribution is 0.0728. The maximum Gasteiger partial charge on any atom is 0.343 e. The first-order valence-corrected chi connectivity index (χ1v) is 9.99. The summed E-state index contributed by atoms with van der Waals surface area (Å²) in [6.45, 7) is 2.23. The molecule has 0 unspecified atom stereocenters. The van der Waals surface area contributed by atoms with E-state index >= 15 is 0 Å². The predicted molar refractivity (Wildman–Crippen MR) is 118 cm³/mol. The van der Waals surface area contributed by atoms with Crippen LogP contribution in [0.1, 0.15) is 33.2 Å². The summed E-state index contributed by atoms with van der Waals surface area (Å²) in [7, 11) is 0. The molecule has 3 rings (SSSR count). The molecule has 0 bridgehead atoms. The van der Waals surface area contributed by atoms with Gasteiger partial charge in [0.2, 0.25) is 0 Å². The van der Waals surface area contributed by atoms with Gasteiger partial charge in [-0.3, -0.25) is 4.79 Å². The van der Waals surface area contributed by atoms with Gasteiger partial charge in [-0.2, -0.15) is 5.10 Å². The molecule has 0 aliphatic rings. The first-order valence-electron chi connectivity index (χ1n) is 9.20. The van der Waals surface area contributed by atoms with Crippen LogP contribution in [0.15, 0.2) is 82.4 Å². The average molecular weight is 467 g/mol. The van der Waals surface area contributed by atoms with Crippen LogP contribution >= 0.6 is 15.9 Å². The molecular weight excluding hydrogens is 448 g/mol. The third-order valence-corrected chi connectivity index (χ3v) is 4.49. The Morgan fingerprint density at radius 1 is 0.967 bits per heavy atom. The quantitative estimate of drug-likeness (QED) is 0.234. The predicted octanol–water partition coefficient (Wildman–Crippen LogP) is 4.83. The van der Waals surface area contributed by atoms with E-state index in [1.807, 2.05) is 13.0 Å². The Morgan fingerprint density at radius 3 is 2.40 bits per heavy atom. The van der Waals surface area contributed by atoms with Crippen molar-refractivity contribution in [3.8, 4) is 11.5 Å². The Hall–Kier alpha value is -3.45. The van der Waals surface area contributed by atoms with Gasteiger partial charge in [-0.15, -0.1) is 0 Å². The van der Waals surface area contributed by atoms with Crippen molar-refractivity contribution in [3.05, 3.63) is 94.0 Å². The molecule has 0 heterocycles. The minimum absolute atomic E-state index is 0.307. The molecule has 30 heavy (non-hydrogen) atoms. The number of amides is 1. The highest BCUT2D eigenvalue weighted by Gasteiger charge is 2.13. The summed E-state index contributed by atoms with van der Waals surface area (Å²) in [4.78, 5) is 24.4. The Kier molecular flexibility index (Phi) is 7.34. The van der Waals surface area contributed by atoms with Crippen LogP contribution < -0.4 is 14.9 Å². The van der Waals surface area contributed by atoms with E-state index in [4.69, 9.17) is 9.47 Å². The topological polar surface area (TPSA) is 77.0 Å². The zero-order valence-corrected chi connectivity index (χ0v) is 17.8. The molecule has 1 amide bonds. The second-order valence-corrected chi connectivity index (χ2v) is 7.02. The summed E-state index contributed by atoms with van der Waals surface area (Å²) in [5.74, 6) is -0.0800. The minimum Gasteiger partial charge on any atom is -0.490 e. The highest BCUT2D eigenvalue weighted by molar-refractivity contribution is 9.10. The summed E-state index contributed by atoms with van der Waals surface area (Å²) >= 11 is 3.33. The van der Waals surface area contributed by atoms with Crippen LogP contribution in [-0.2, 0) is 0 Å². The number of esters is 1. The van der Waals surface area contributed by atoms with Gasteiger partial charge in [0.15, 0.2) is 11.5 Å². The lowest BCUT2D eigenvalue weighted by atomic mass is 10.2. The van der Waals surface area contributed by atoms with Crippen LogP contribution in [0.3, 0.4) is 0 Å². The van der Waals surface area contributed by atoms with Gasteiger partial charge in [0.1, 0.15) is 0 Å². The van der Waals surface area contributed by atoms with Crippen LogP contribution in [0.2, 0.25) is 0 Å². The number of nitrogens with zero attached hydrogens (tertiary/aromatic N) is 1. The molecule has 0 aliphatic carbocycles. The largest absolute Gasteiger partial charge is 0.490 e. The van der Waals surface area contributed by atoms with Gasteiger partial charge in [0.05, 0.1) is 18.4 Å². The van der Waals surface area contributed by atoms with Gasteiger partial charge in [0, 0.05) is 10.0 Å². The number of hydrazone groups is 1. The second kappa shape index (κ2) is 10.4. The van der Waals surface area contributed by atoms with Crippen molar-refractivity contribution in [1.29, 1.82) is 0 Å². The fourth-order valence-electron chi connectivity index (χ4n) is 2.52. The van der Waals surface area contributed by atoms with Crippen molar-refractivity contribution < 1.29 is 19.1 Å². The smallest absolute Gasteiger partial charge is 0.343 e. The molecule has 1 N–H and O–H groups in total. The Morgan fingerprint density at radius 2 is 1.70 bits per heavy atom. The number of nitrogens with one attached hydrogen (secondary N) is 1. The molecule has 6 nitrogen and oxygen atoms in total. The number of hydrogen-bond acceptors (Lipinski definition) is 5. The van der Waals surface area contributed by atoms with E-state index in [2.05, 4.69) is 26.5 Å². The van der Waals surface area contributed by atoms with Crippen molar-refractivity contribution in [2.45, 2.75) is 6.92 Å². The lowest BCUT2D eigenvalue weighted by Gasteiger charge is -2.11. The third kappa shape index (κ3) is 5.78. The number of carbonyl (C=O) groups is 2. The number of ether oxygens (including phenoxy) is 2. The zero-order chi connectivity index (χ0) is 21.3. The van der Waals surface area contributed by atoms with Gasteiger partial charge in [-0.25, -0.2) is 10.2 Å². The summed E-state index contributed by atoms with van der Waals surface area (Å²) in [6.07, 6.45) is 1.49. The molecule has 0 aromatic heterocycles. The van der Waals surface area contributed by atoms with Crippen LogP contribution in [0.25, 0.3) is 0 Å². The minimum atomic E-state index is -0.472. The molecule has 0 atom stereocenters. The number of hydrogen-bond donors (Lipinski definition) is 1. The normalized spacial score (nSPS) is 10.6. The van der Waals surface area contributed by atoms with Gasteiger partial charge < -0.3 is 9.47 Å². The molecule has 0 aliphatic heterocycles. The van der Waals surface area contributed by atoms with Gasteiger partial charge in [0.25, 0.3) is 5.91 Å². The summed E-state index contributed by atoms with van der Waals surface area (Å²) in [6, 6.07) is 20.7. The number of benzene rings is 3. The molecule has 0 saturated carbocycles. The van der Waals surface area contributed by atoms with Crippen LogP contribution in [0.4, 0.5) is 0 Å². The molecule has 0 radical (unpaired) electrons. The molecule has 152 valence electrons. The highest BCUT2D eigenvalue weighted by atomic mass is 79.9. The van der Waals surface area contributed by atoms with Crippen molar-refractivity contribution in [2.24, 2.45) is 5.10 Å². The standard InChI is InChI=1S/C23H19BrN2O4/c1-2-29-21-14-16(15-25-26-22(27)17-9-11-19(24)12-10-17)8-13-20(21)30-23(28)18-6-4-3-5-7-18/h3-15H,2H2,1H3,(H,26,27)/b25-15-. The third-order valence-electron chi connectivity index (χ3n) is 3.97. The van der Waals surface area contributed by atoms with Crippen LogP contribution in [0.5, 0.6) is 11.5 Å². The summed E-state index contributed by atoms with van der Waals surface area (Å²) in [5.41, 5.74) is 4.09. The number of carbonyl (C=O) groups excluding carboxylic acids is 2. The van der Waals surface area contributed by atoms with Crippen LogP contribution in [0, 0.1) is 0 Å². The van der Waals surface area contributed by atoms with Gasteiger partial charge in [-0.05, 0) is 67.1 Å². The van der Waals surface area contributed by atoms with Crippen molar-refractivity contribution in [3.63, 3.8) is 0 Å². The van der Waals surface area contributed by atoms with E-state index in [9.17, 15) is 9.59 Å².